The van der Waals surface area contributed by atoms with Crippen LogP contribution in [0.15, 0.2) is 180 Å². The summed E-state index contributed by atoms with van der Waals surface area (Å²) in [6, 6.07) is 62.4. The molecule has 0 spiro atoms. The Morgan fingerprint density at radius 1 is 0.390 bits per heavy atom. The number of furan rings is 1. The van der Waals surface area contributed by atoms with Gasteiger partial charge in [0.05, 0.1) is 0 Å². The summed E-state index contributed by atoms with van der Waals surface area (Å²) < 4.78 is 9.12. The molecule has 11 aromatic rings. The van der Waals surface area contributed by atoms with Gasteiger partial charge in [-0.15, -0.1) is 11.3 Å². The number of hydrogen-bond acceptors (Lipinski definition) is 5. The van der Waals surface area contributed by atoms with E-state index in [4.69, 9.17) is 19.4 Å². The second-order valence-electron chi connectivity index (χ2n) is 16.0. The number of rotatable bonds is 5. The third kappa shape index (κ3) is 5.32. The minimum Gasteiger partial charge on any atom is -0.456 e. The summed E-state index contributed by atoms with van der Waals surface area (Å²) in [5.74, 6) is 1.88. The van der Waals surface area contributed by atoms with Crippen molar-refractivity contribution in [1.82, 2.24) is 15.0 Å². The van der Waals surface area contributed by atoms with Crippen molar-refractivity contribution in [2.24, 2.45) is 0 Å². The van der Waals surface area contributed by atoms with Crippen LogP contribution in [-0.2, 0) is 5.41 Å². The van der Waals surface area contributed by atoms with Gasteiger partial charge in [0.25, 0.3) is 0 Å². The minimum absolute atomic E-state index is 0.149. The molecule has 0 unspecified atom stereocenters. The summed E-state index contributed by atoms with van der Waals surface area (Å²) >= 11 is 1.85. The fourth-order valence-corrected chi connectivity index (χ4v) is 10.4. The molecule has 0 fully saturated rings. The Bertz CT molecular complexity index is 3470. The number of benzene rings is 8. The summed E-state index contributed by atoms with van der Waals surface area (Å²) in [5.41, 5.74) is 14.2. The van der Waals surface area contributed by atoms with Gasteiger partial charge in [-0.3, -0.25) is 0 Å². The van der Waals surface area contributed by atoms with Crippen molar-refractivity contribution in [2.75, 3.05) is 0 Å². The van der Waals surface area contributed by atoms with Gasteiger partial charge >= 0.3 is 0 Å². The molecule has 0 radical (unpaired) electrons. The number of nitrogens with zero attached hydrogens (tertiary/aromatic N) is 3. The van der Waals surface area contributed by atoms with Crippen LogP contribution in [0.4, 0.5) is 0 Å². The lowest BCUT2D eigenvalue weighted by Crippen LogP contribution is -2.15. The van der Waals surface area contributed by atoms with E-state index in [0.29, 0.717) is 17.5 Å². The van der Waals surface area contributed by atoms with Crippen LogP contribution in [-0.4, -0.2) is 15.0 Å². The molecule has 3 aromatic heterocycles. The quantitative estimate of drug-likeness (QED) is 0.175. The summed E-state index contributed by atoms with van der Waals surface area (Å²) in [7, 11) is 0. The number of thiophene rings is 1. The van der Waals surface area contributed by atoms with Crippen LogP contribution in [0.5, 0.6) is 0 Å². The normalized spacial score (nSPS) is 13.1. The van der Waals surface area contributed by atoms with Crippen LogP contribution in [0.25, 0.3) is 110 Å². The third-order valence-corrected chi connectivity index (χ3v) is 13.3. The summed E-state index contributed by atoms with van der Waals surface area (Å²) in [6.07, 6.45) is 0. The van der Waals surface area contributed by atoms with Crippen molar-refractivity contribution in [3.05, 3.63) is 187 Å². The van der Waals surface area contributed by atoms with Crippen molar-refractivity contribution in [3.63, 3.8) is 0 Å². The van der Waals surface area contributed by atoms with E-state index in [2.05, 4.69) is 159 Å². The highest BCUT2D eigenvalue weighted by atomic mass is 32.1. The maximum atomic E-state index is 6.57. The predicted molar refractivity (Wildman–Crippen MR) is 245 cm³/mol. The maximum Gasteiger partial charge on any atom is 0.164 e. The first kappa shape index (κ1) is 33.9. The molecule has 4 nitrogen and oxygen atoms in total. The zero-order valence-electron chi connectivity index (χ0n) is 32.4. The lowest BCUT2D eigenvalue weighted by molar-refractivity contribution is 0.660. The van der Waals surface area contributed by atoms with Gasteiger partial charge < -0.3 is 4.42 Å². The molecule has 5 heteroatoms. The summed E-state index contributed by atoms with van der Waals surface area (Å²) in [6.45, 7) is 4.61. The molecule has 0 saturated carbocycles. The van der Waals surface area contributed by atoms with Crippen LogP contribution < -0.4 is 0 Å². The van der Waals surface area contributed by atoms with E-state index in [-0.39, 0.29) is 5.41 Å². The zero-order chi connectivity index (χ0) is 39.2. The fourth-order valence-electron chi connectivity index (χ4n) is 9.24. The van der Waals surface area contributed by atoms with Gasteiger partial charge in [0, 0.05) is 53.1 Å². The van der Waals surface area contributed by atoms with Gasteiger partial charge in [-0.1, -0.05) is 153 Å². The number of hydrogen-bond donors (Lipinski definition) is 0. The van der Waals surface area contributed by atoms with E-state index in [0.717, 1.165) is 44.2 Å². The molecule has 12 rings (SSSR count). The average molecular weight is 774 g/mol. The van der Waals surface area contributed by atoms with Gasteiger partial charge in [0.2, 0.25) is 0 Å². The Hall–Kier alpha value is -7.21. The van der Waals surface area contributed by atoms with Gasteiger partial charge in [-0.05, 0) is 80.9 Å². The van der Waals surface area contributed by atoms with Crippen molar-refractivity contribution < 1.29 is 4.42 Å². The Labute approximate surface area is 345 Å². The molecule has 0 saturated heterocycles. The highest BCUT2D eigenvalue weighted by Crippen LogP contribution is 2.50. The standard InChI is InChI=1S/C54H35N3OS/c1-54(2)43-20-10-9-17-38(43)39-26-24-36(30-44(39)54)52-55-51(33-15-7-4-8-16-33)56-53(57-52)41-19-11-21-46-49(41)42-29-35(25-28-45(42)58-46)37-18-12-22-47-50(37)40-27-23-34(31-48(40)59-47)32-13-5-3-6-14-32/h3-31H,1-2H3. The maximum absolute atomic E-state index is 6.57. The first-order valence-corrected chi connectivity index (χ1v) is 20.8. The van der Waals surface area contributed by atoms with E-state index in [9.17, 15) is 0 Å². The predicted octanol–water partition coefficient (Wildman–Crippen LogP) is 14.8. The third-order valence-electron chi connectivity index (χ3n) is 12.2. The fraction of sp³-hybridized carbons (Fsp3) is 0.0556. The largest absolute Gasteiger partial charge is 0.456 e. The molecule has 0 amide bonds. The zero-order valence-corrected chi connectivity index (χ0v) is 33.2. The van der Waals surface area contributed by atoms with Crippen molar-refractivity contribution in [1.29, 1.82) is 0 Å². The van der Waals surface area contributed by atoms with E-state index in [1.165, 1.54) is 59.1 Å². The second-order valence-corrected chi connectivity index (χ2v) is 17.0. The van der Waals surface area contributed by atoms with Crippen LogP contribution in [0, 0.1) is 0 Å². The lowest BCUT2D eigenvalue weighted by Gasteiger charge is -2.21. The first-order valence-electron chi connectivity index (χ1n) is 20.0. The Morgan fingerprint density at radius 3 is 1.90 bits per heavy atom. The van der Waals surface area contributed by atoms with Crippen LogP contribution >= 0.6 is 11.3 Å². The Kier molecular flexibility index (Phi) is 7.41. The molecule has 278 valence electrons. The van der Waals surface area contributed by atoms with E-state index >= 15 is 0 Å². The molecule has 0 atom stereocenters. The highest BCUT2D eigenvalue weighted by Gasteiger charge is 2.35. The van der Waals surface area contributed by atoms with E-state index < -0.39 is 0 Å². The van der Waals surface area contributed by atoms with Crippen molar-refractivity contribution in [3.8, 4) is 67.5 Å². The van der Waals surface area contributed by atoms with Gasteiger partial charge in [-0.25, -0.2) is 15.0 Å². The molecular formula is C54H35N3OS. The minimum atomic E-state index is -0.149. The molecule has 0 N–H and O–H groups in total. The Morgan fingerprint density at radius 2 is 1.05 bits per heavy atom. The summed E-state index contributed by atoms with van der Waals surface area (Å²) in [4.78, 5) is 15.6. The molecule has 0 aliphatic heterocycles. The number of aromatic nitrogens is 3. The molecule has 0 bridgehead atoms. The molecule has 59 heavy (non-hydrogen) atoms. The van der Waals surface area contributed by atoms with Gasteiger partial charge in [0.1, 0.15) is 11.2 Å². The second kappa shape index (κ2) is 12.9. The molecule has 1 aliphatic carbocycles. The van der Waals surface area contributed by atoms with Crippen LogP contribution in [0.2, 0.25) is 0 Å². The van der Waals surface area contributed by atoms with Crippen molar-refractivity contribution in [2.45, 2.75) is 19.3 Å². The molecule has 3 heterocycles. The number of fused-ring (bicyclic) bond motifs is 9. The lowest BCUT2D eigenvalue weighted by atomic mass is 9.82. The van der Waals surface area contributed by atoms with Crippen molar-refractivity contribution >= 4 is 53.4 Å². The van der Waals surface area contributed by atoms with Crippen LogP contribution in [0.3, 0.4) is 0 Å². The average Bonchev–Trinajstić information content (AvgIpc) is 3.93. The highest BCUT2D eigenvalue weighted by molar-refractivity contribution is 7.26. The monoisotopic (exact) mass is 773 g/mol. The van der Waals surface area contributed by atoms with E-state index in [1.807, 2.05) is 41.7 Å². The molecular weight excluding hydrogens is 739 g/mol. The van der Waals surface area contributed by atoms with E-state index in [1.54, 1.807) is 0 Å². The molecule has 1 aliphatic rings. The first-order chi connectivity index (χ1) is 29.0. The van der Waals surface area contributed by atoms with Crippen LogP contribution in [0.1, 0.15) is 25.0 Å². The topological polar surface area (TPSA) is 51.8 Å². The Balaban J connectivity index is 1.03. The van der Waals surface area contributed by atoms with Gasteiger partial charge in [-0.2, -0.15) is 0 Å². The SMILES string of the molecule is CC1(C)c2ccccc2-c2ccc(-c3nc(-c4ccccc4)nc(-c4cccc5oc6ccc(-c7cccc8sc9cc(-c%10ccccc%10)ccc9c78)cc6c45)n3)cc21. The molecule has 8 aromatic carbocycles. The summed E-state index contributed by atoms with van der Waals surface area (Å²) in [5, 5.41) is 4.55. The van der Waals surface area contributed by atoms with Gasteiger partial charge in [0.15, 0.2) is 17.5 Å². The smallest absolute Gasteiger partial charge is 0.164 e.